The van der Waals surface area contributed by atoms with Gasteiger partial charge in [-0.1, -0.05) is 12.0 Å². The minimum atomic E-state index is -0.482. The van der Waals surface area contributed by atoms with Crippen LogP contribution in [0, 0.1) is 29.4 Å². The van der Waals surface area contributed by atoms with E-state index in [2.05, 4.69) is 11.2 Å². The van der Waals surface area contributed by atoms with Crippen molar-refractivity contribution in [2.24, 2.45) is 0 Å². The van der Waals surface area contributed by atoms with Crippen LogP contribution >= 0.6 is 0 Å². The van der Waals surface area contributed by atoms with Crippen molar-refractivity contribution in [2.45, 2.75) is 13.0 Å². The molecule has 0 aliphatic carbocycles. The molecule has 1 aromatic rings. The summed E-state index contributed by atoms with van der Waals surface area (Å²) >= 11 is 0. The van der Waals surface area contributed by atoms with Gasteiger partial charge in [-0.2, -0.15) is 0 Å². The molecule has 0 aromatic heterocycles. The molecule has 7 heteroatoms. The molecule has 1 aliphatic rings. The van der Waals surface area contributed by atoms with E-state index < -0.39 is 11.0 Å². The summed E-state index contributed by atoms with van der Waals surface area (Å²) in [5.41, 5.74) is 0.765. The van der Waals surface area contributed by atoms with Crippen LogP contribution in [0.25, 0.3) is 0 Å². The number of nitrogens with zero attached hydrogens (tertiary/aromatic N) is 2. The van der Waals surface area contributed by atoms with E-state index in [9.17, 15) is 14.9 Å². The molecule has 110 valence electrons. The lowest BCUT2D eigenvalue weighted by molar-refractivity contribution is -0.385. The lowest BCUT2D eigenvalue weighted by Crippen LogP contribution is -2.49. The van der Waals surface area contributed by atoms with E-state index in [1.54, 1.807) is 13.0 Å². The molecule has 7 nitrogen and oxygen atoms in total. The van der Waals surface area contributed by atoms with Crippen molar-refractivity contribution in [3.8, 4) is 12.3 Å². The number of terminal acetylenes is 1. The number of carbonyl (C=O) groups excluding carboxylic acids is 1. The summed E-state index contributed by atoms with van der Waals surface area (Å²) in [6.07, 6.45) is 5.38. The number of nitro groups is 1. The third-order valence-electron chi connectivity index (χ3n) is 3.33. The first-order chi connectivity index (χ1) is 10.0. The van der Waals surface area contributed by atoms with Crippen molar-refractivity contribution in [1.82, 2.24) is 4.90 Å². The van der Waals surface area contributed by atoms with E-state index in [1.807, 2.05) is 0 Å². The Kier molecular flexibility index (Phi) is 4.40. The van der Waals surface area contributed by atoms with Gasteiger partial charge < -0.3 is 15.0 Å². The molecule has 0 spiro atoms. The fourth-order valence-corrected chi connectivity index (χ4v) is 2.13. The van der Waals surface area contributed by atoms with Gasteiger partial charge >= 0.3 is 6.03 Å². The average molecular weight is 289 g/mol. The van der Waals surface area contributed by atoms with Crippen molar-refractivity contribution < 1.29 is 14.5 Å². The number of ether oxygens (including phenoxy) is 1. The summed E-state index contributed by atoms with van der Waals surface area (Å²) < 4.78 is 5.22. The molecule has 1 fully saturated rings. The quantitative estimate of drug-likeness (QED) is 0.511. The molecule has 0 radical (unpaired) electrons. The molecule has 2 amide bonds. The van der Waals surface area contributed by atoms with E-state index in [0.29, 0.717) is 24.4 Å². The van der Waals surface area contributed by atoms with Crippen molar-refractivity contribution in [3.05, 3.63) is 33.9 Å². The number of morpholine rings is 1. The molecule has 1 saturated heterocycles. The lowest BCUT2D eigenvalue weighted by Gasteiger charge is -2.32. The van der Waals surface area contributed by atoms with Gasteiger partial charge in [-0.25, -0.2) is 4.79 Å². The third-order valence-corrected chi connectivity index (χ3v) is 3.33. The maximum atomic E-state index is 12.3. The van der Waals surface area contributed by atoms with E-state index >= 15 is 0 Å². The van der Waals surface area contributed by atoms with Crippen molar-refractivity contribution in [2.75, 3.05) is 25.1 Å². The van der Waals surface area contributed by atoms with Crippen LogP contribution in [0.15, 0.2) is 18.2 Å². The first-order valence-corrected chi connectivity index (χ1v) is 6.40. The zero-order valence-electron chi connectivity index (χ0n) is 11.5. The van der Waals surface area contributed by atoms with Crippen LogP contribution < -0.4 is 5.32 Å². The lowest BCUT2D eigenvalue weighted by atomic mass is 10.1. The van der Waals surface area contributed by atoms with Crippen molar-refractivity contribution in [3.63, 3.8) is 0 Å². The van der Waals surface area contributed by atoms with E-state index in [-0.39, 0.29) is 18.3 Å². The number of amides is 2. The van der Waals surface area contributed by atoms with Crippen LogP contribution in [0.2, 0.25) is 0 Å². The summed E-state index contributed by atoms with van der Waals surface area (Å²) in [5, 5.41) is 13.6. The second-order valence-electron chi connectivity index (χ2n) is 4.59. The van der Waals surface area contributed by atoms with Crippen LogP contribution in [0.3, 0.4) is 0 Å². The van der Waals surface area contributed by atoms with E-state index in [4.69, 9.17) is 11.2 Å². The fourth-order valence-electron chi connectivity index (χ4n) is 2.13. The zero-order valence-corrected chi connectivity index (χ0v) is 11.5. The second-order valence-corrected chi connectivity index (χ2v) is 4.59. The Balaban J connectivity index is 2.18. The highest BCUT2D eigenvalue weighted by Gasteiger charge is 2.26. The Hall–Kier alpha value is -2.59. The van der Waals surface area contributed by atoms with Gasteiger partial charge in [-0.05, 0) is 13.0 Å². The largest absolute Gasteiger partial charge is 0.376 e. The second kappa shape index (κ2) is 6.24. The number of hydrogen-bond donors (Lipinski definition) is 1. The first-order valence-electron chi connectivity index (χ1n) is 6.40. The highest BCUT2D eigenvalue weighted by Crippen LogP contribution is 2.25. The molecule has 21 heavy (non-hydrogen) atoms. The Bertz CT molecular complexity index is 609. The van der Waals surface area contributed by atoms with E-state index in [0.717, 1.165) is 0 Å². The number of nitrogens with one attached hydrogen (secondary N) is 1. The van der Waals surface area contributed by atoms with Gasteiger partial charge in [-0.15, -0.1) is 6.42 Å². The van der Waals surface area contributed by atoms with Gasteiger partial charge in [0.05, 0.1) is 29.4 Å². The topological polar surface area (TPSA) is 84.7 Å². The Morgan fingerprint density at radius 1 is 1.62 bits per heavy atom. The summed E-state index contributed by atoms with van der Waals surface area (Å²) in [7, 11) is 0. The first kappa shape index (κ1) is 14.8. The summed E-state index contributed by atoms with van der Waals surface area (Å²) in [5.74, 6) is 2.50. The molecular formula is C14H15N3O4. The van der Waals surface area contributed by atoms with E-state index in [1.165, 1.54) is 17.0 Å². The van der Waals surface area contributed by atoms with Crippen LogP contribution in [0.4, 0.5) is 16.2 Å². The third kappa shape index (κ3) is 3.12. The van der Waals surface area contributed by atoms with Crippen molar-refractivity contribution >= 4 is 17.4 Å². The van der Waals surface area contributed by atoms with Crippen LogP contribution in [-0.2, 0) is 4.74 Å². The predicted octanol–water partition coefficient (Wildman–Crippen LogP) is 1.77. The predicted molar refractivity (Wildman–Crippen MR) is 77.0 cm³/mol. The number of carbonyl (C=O) groups is 1. The van der Waals surface area contributed by atoms with Gasteiger partial charge in [0.2, 0.25) is 0 Å². The molecule has 0 saturated carbocycles. The number of nitro benzene ring substituents is 1. The minimum absolute atomic E-state index is 0.0386. The summed E-state index contributed by atoms with van der Waals surface area (Å²) in [6.45, 7) is 2.68. The maximum absolute atomic E-state index is 12.3. The molecule has 1 aliphatic heterocycles. The molecule has 1 unspecified atom stereocenters. The Morgan fingerprint density at radius 2 is 2.38 bits per heavy atom. The van der Waals surface area contributed by atoms with Crippen LogP contribution in [-0.4, -0.2) is 41.7 Å². The van der Waals surface area contributed by atoms with Crippen LogP contribution in [0.5, 0.6) is 0 Å². The Labute approximate surface area is 122 Å². The standard InChI is InChI=1S/C14H15N3O4/c1-3-11-9-21-8-7-16(11)14(18)15-12-5-4-6-13(10(12)2)17(19)20/h1,4-6,11H,7-9H2,2H3,(H,15,18). The summed E-state index contributed by atoms with van der Waals surface area (Å²) in [6, 6.07) is 3.72. The smallest absolute Gasteiger partial charge is 0.323 e. The van der Waals surface area contributed by atoms with Gasteiger partial charge in [0.1, 0.15) is 6.04 Å². The monoisotopic (exact) mass is 289 g/mol. The van der Waals surface area contributed by atoms with Gasteiger partial charge in [0.25, 0.3) is 5.69 Å². The zero-order chi connectivity index (χ0) is 15.4. The Morgan fingerprint density at radius 3 is 3.05 bits per heavy atom. The van der Waals surface area contributed by atoms with Crippen LogP contribution in [0.1, 0.15) is 5.56 Å². The van der Waals surface area contributed by atoms with Gasteiger partial charge in [0, 0.05) is 12.6 Å². The molecular weight excluding hydrogens is 274 g/mol. The normalized spacial score (nSPS) is 17.9. The number of urea groups is 1. The number of anilines is 1. The minimum Gasteiger partial charge on any atom is -0.376 e. The van der Waals surface area contributed by atoms with Crippen molar-refractivity contribution in [1.29, 1.82) is 0 Å². The number of hydrogen-bond acceptors (Lipinski definition) is 4. The fraction of sp³-hybridized carbons (Fsp3) is 0.357. The highest BCUT2D eigenvalue weighted by molar-refractivity contribution is 5.91. The maximum Gasteiger partial charge on any atom is 0.323 e. The average Bonchev–Trinajstić information content (AvgIpc) is 2.48. The molecule has 0 bridgehead atoms. The highest BCUT2D eigenvalue weighted by atomic mass is 16.6. The SMILES string of the molecule is C#CC1COCCN1C(=O)Nc1cccc([N+](=O)[O-])c1C. The molecule has 1 aromatic carbocycles. The molecule has 1 atom stereocenters. The van der Waals surface area contributed by atoms with Gasteiger partial charge in [-0.3, -0.25) is 10.1 Å². The number of benzene rings is 1. The molecule has 2 rings (SSSR count). The molecule has 1 heterocycles. The van der Waals surface area contributed by atoms with Gasteiger partial charge in [0.15, 0.2) is 0 Å². The molecule has 1 N–H and O–H groups in total. The summed E-state index contributed by atoms with van der Waals surface area (Å²) in [4.78, 5) is 24.2. The number of rotatable bonds is 2.